The van der Waals surface area contributed by atoms with Crippen molar-refractivity contribution in [3.63, 3.8) is 0 Å². The second kappa shape index (κ2) is 9.00. The fourth-order valence-corrected chi connectivity index (χ4v) is 3.28. The highest BCUT2D eigenvalue weighted by Crippen LogP contribution is 2.20. The molecule has 0 bridgehead atoms. The van der Waals surface area contributed by atoms with Gasteiger partial charge in [-0.3, -0.25) is 4.79 Å². The standard InChI is InChI=1S/C23H24FN3O3/c1-26-12-14-27(15-13-26)19-6-4-18(5-7-19)25-23(28)22-11-10-21(30-22)16-29-20-8-2-17(24)3-9-20/h2-11H,12-16H2,1H3,(H,25,28). The number of benzene rings is 2. The van der Waals surface area contributed by atoms with Gasteiger partial charge in [-0.2, -0.15) is 0 Å². The van der Waals surface area contributed by atoms with Gasteiger partial charge in [0.1, 0.15) is 23.9 Å². The number of amides is 1. The molecular weight excluding hydrogens is 385 g/mol. The number of furan rings is 1. The van der Waals surface area contributed by atoms with Crippen molar-refractivity contribution in [1.29, 1.82) is 0 Å². The maximum atomic E-state index is 12.9. The van der Waals surface area contributed by atoms with Crippen LogP contribution in [-0.2, 0) is 6.61 Å². The van der Waals surface area contributed by atoms with E-state index in [2.05, 4.69) is 22.2 Å². The number of nitrogens with zero attached hydrogens (tertiary/aromatic N) is 2. The summed E-state index contributed by atoms with van der Waals surface area (Å²) in [5.74, 6) is 0.594. The summed E-state index contributed by atoms with van der Waals surface area (Å²) in [5, 5.41) is 2.85. The Kier molecular flexibility index (Phi) is 5.99. The summed E-state index contributed by atoms with van der Waals surface area (Å²) in [5.41, 5.74) is 1.86. The van der Waals surface area contributed by atoms with E-state index in [1.54, 1.807) is 12.1 Å². The molecular formula is C23H24FN3O3. The Morgan fingerprint density at radius 3 is 2.40 bits per heavy atom. The van der Waals surface area contributed by atoms with Crippen LogP contribution in [0.25, 0.3) is 0 Å². The SMILES string of the molecule is CN1CCN(c2ccc(NC(=O)c3ccc(COc4ccc(F)cc4)o3)cc2)CC1. The van der Waals surface area contributed by atoms with Crippen LogP contribution in [-0.4, -0.2) is 44.0 Å². The van der Waals surface area contributed by atoms with E-state index in [-0.39, 0.29) is 24.1 Å². The van der Waals surface area contributed by atoms with Crippen molar-refractivity contribution in [1.82, 2.24) is 4.90 Å². The number of anilines is 2. The number of halogens is 1. The molecule has 1 saturated heterocycles. The number of carbonyl (C=O) groups is 1. The Labute approximate surface area is 174 Å². The van der Waals surface area contributed by atoms with E-state index in [0.29, 0.717) is 17.2 Å². The van der Waals surface area contributed by atoms with Crippen LogP contribution in [0.4, 0.5) is 15.8 Å². The Balaban J connectivity index is 1.31. The first-order valence-electron chi connectivity index (χ1n) is 9.89. The fraction of sp³-hybridized carbons (Fsp3) is 0.261. The number of rotatable bonds is 6. The third kappa shape index (κ3) is 4.99. The molecule has 1 fully saturated rings. The van der Waals surface area contributed by atoms with Gasteiger partial charge in [-0.15, -0.1) is 0 Å². The normalized spacial score (nSPS) is 14.5. The van der Waals surface area contributed by atoms with Crippen LogP contribution < -0.4 is 15.0 Å². The van der Waals surface area contributed by atoms with Crippen LogP contribution in [0, 0.1) is 5.82 Å². The van der Waals surface area contributed by atoms with Gasteiger partial charge in [0.05, 0.1) is 0 Å². The third-order valence-electron chi connectivity index (χ3n) is 5.07. The molecule has 0 spiro atoms. The number of hydrogen-bond donors (Lipinski definition) is 1. The van der Waals surface area contributed by atoms with Gasteiger partial charge in [0, 0.05) is 37.6 Å². The molecule has 0 radical (unpaired) electrons. The smallest absolute Gasteiger partial charge is 0.291 e. The predicted molar refractivity (Wildman–Crippen MR) is 114 cm³/mol. The molecule has 4 rings (SSSR count). The lowest BCUT2D eigenvalue weighted by Gasteiger charge is -2.34. The van der Waals surface area contributed by atoms with Crippen LogP contribution in [0.5, 0.6) is 5.75 Å². The molecule has 0 aliphatic carbocycles. The number of piperazine rings is 1. The number of likely N-dealkylation sites (N-methyl/N-ethyl adjacent to an activating group) is 1. The van der Waals surface area contributed by atoms with Gasteiger partial charge in [0.25, 0.3) is 5.91 Å². The van der Waals surface area contributed by atoms with Gasteiger partial charge in [-0.1, -0.05) is 0 Å². The molecule has 156 valence electrons. The zero-order valence-electron chi connectivity index (χ0n) is 16.8. The molecule has 2 heterocycles. The Morgan fingerprint density at radius 2 is 1.70 bits per heavy atom. The quantitative estimate of drug-likeness (QED) is 0.667. The lowest BCUT2D eigenvalue weighted by molar-refractivity contribution is 0.0992. The Morgan fingerprint density at radius 1 is 1.00 bits per heavy atom. The molecule has 3 aromatic rings. The zero-order valence-corrected chi connectivity index (χ0v) is 16.8. The first-order chi connectivity index (χ1) is 14.6. The van der Waals surface area contributed by atoms with E-state index in [1.165, 1.54) is 24.3 Å². The van der Waals surface area contributed by atoms with E-state index in [0.717, 1.165) is 31.9 Å². The second-order valence-electron chi connectivity index (χ2n) is 7.30. The molecule has 0 atom stereocenters. The highest BCUT2D eigenvalue weighted by molar-refractivity contribution is 6.02. The van der Waals surface area contributed by atoms with Gasteiger partial charge >= 0.3 is 0 Å². The zero-order chi connectivity index (χ0) is 20.9. The van der Waals surface area contributed by atoms with Crippen molar-refractivity contribution in [2.75, 3.05) is 43.4 Å². The number of nitrogens with one attached hydrogen (secondary N) is 1. The first kappa shape index (κ1) is 20.0. The molecule has 6 nitrogen and oxygen atoms in total. The van der Waals surface area contributed by atoms with Crippen molar-refractivity contribution in [3.8, 4) is 5.75 Å². The minimum absolute atomic E-state index is 0.151. The summed E-state index contributed by atoms with van der Waals surface area (Å²) in [4.78, 5) is 17.1. The molecule has 1 amide bonds. The predicted octanol–water partition coefficient (Wildman–Crippen LogP) is 4.00. The van der Waals surface area contributed by atoms with E-state index < -0.39 is 0 Å². The Bertz CT molecular complexity index is 978. The average Bonchev–Trinajstić information content (AvgIpc) is 3.24. The van der Waals surface area contributed by atoms with Crippen molar-refractivity contribution in [2.45, 2.75) is 6.61 Å². The van der Waals surface area contributed by atoms with Gasteiger partial charge in [-0.05, 0) is 67.7 Å². The molecule has 2 aromatic carbocycles. The largest absolute Gasteiger partial charge is 0.486 e. The average molecular weight is 409 g/mol. The van der Waals surface area contributed by atoms with E-state index >= 15 is 0 Å². The monoisotopic (exact) mass is 409 g/mol. The highest BCUT2D eigenvalue weighted by atomic mass is 19.1. The maximum absolute atomic E-state index is 12.9. The maximum Gasteiger partial charge on any atom is 0.291 e. The van der Waals surface area contributed by atoms with Crippen molar-refractivity contribution in [3.05, 3.63) is 78.0 Å². The van der Waals surface area contributed by atoms with Gasteiger partial charge in [0.2, 0.25) is 0 Å². The van der Waals surface area contributed by atoms with E-state index in [4.69, 9.17) is 9.15 Å². The minimum atomic E-state index is -0.324. The topological polar surface area (TPSA) is 58.0 Å². The van der Waals surface area contributed by atoms with Crippen LogP contribution in [0.3, 0.4) is 0 Å². The lowest BCUT2D eigenvalue weighted by atomic mass is 10.2. The summed E-state index contributed by atoms with van der Waals surface area (Å²) < 4.78 is 24.0. The second-order valence-corrected chi connectivity index (χ2v) is 7.30. The first-order valence-corrected chi connectivity index (χ1v) is 9.89. The molecule has 1 aliphatic heterocycles. The van der Waals surface area contributed by atoms with Crippen molar-refractivity contribution >= 4 is 17.3 Å². The molecule has 1 aliphatic rings. The van der Waals surface area contributed by atoms with Crippen LogP contribution >= 0.6 is 0 Å². The molecule has 1 N–H and O–H groups in total. The molecule has 0 unspecified atom stereocenters. The molecule has 0 saturated carbocycles. The fourth-order valence-electron chi connectivity index (χ4n) is 3.28. The number of hydrogen-bond acceptors (Lipinski definition) is 5. The van der Waals surface area contributed by atoms with Gasteiger partial charge in [-0.25, -0.2) is 4.39 Å². The summed E-state index contributed by atoms with van der Waals surface area (Å²) in [6, 6.07) is 16.9. The number of carbonyl (C=O) groups excluding carboxylic acids is 1. The van der Waals surface area contributed by atoms with Crippen molar-refractivity contribution < 1.29 is 18.3 Å². The summed E-state index contributed by atoms with van der Waals surface area (Å²) in [6.45, 7) is 4.24. The summed E-state index contributed by atoms with van der Waals surface area (Å²) in [7, 11) is 2.13. The van der Waals surface area contributed by atoms with Crippen LogP contribution in [0.2, 0.25) is 0 Å². The van der Waals surface area contributed by atoms with Crippen LogP contribution in [0.15, 0.2) is 65.1 Å². The van der Waals surface area contributed by atoms with Crippen molar-refractivity contribution in [2.24, 2.45) is 0 Å². The van der Waals surface area contributed by atoms with Crippen LogP contribution in [0.1, 0.15) is 16.3 Å². The summed E-state index contributed by atoms with van der Waals surface area (Å²) >= 11 is 0. The Hall–Kier alpha value is -3.32. The third-order valence-corrected chi connectivity index (χ3v) is 5.07. The summed E-state index contributed by atoms with van der Waals surface area (Å²) in [6.07, 6.45) is 0. The van der Waals surface area contributed by atoms with Gasteiger partial charge < -0.3 is 24.3 Å². The lowest BCUT2D eigenvalue weighted by Crippen LogP contribution is -2.44. The van der Waals surface area contributed by atoms with Gasteiger partial charge in [0.15, 0.2) is 5.76 Å². The van der Waals surface area contributed by atoms with E-state index in [1.807, 2.05) is 24.3 Å². The minimum Gasteiger partial charge on any atom is -0.486 e. The van der Waals surface area contributed by atoms with E-state index in [9.17, 15) is 9.18 Å². The molecule has 30 heavy (non-hydrogen) atoms. The number of ether oxygens (including phenoxy) is 1. The molecule has 7 heteroatoms. The highest BCUT2D eigenvalue weighted by Gasteiger charge is 2.15. The molecule has 1 aromatic heterocycles.